The van der Waals surface area contributed by atoms with Gasteiger partial charge in [0, 0.05) is 22.8 Å². The SMILES string of the molecule is CCCCCC(C(=O)OCC=C(C)C(=O)O)=C(C)CC(C=C(C)C(=O)O)N(C)C. The second-order valence-electron chi connectivity index (χ2n) is 7.40. The molecule has 164 valence electrons. The fourth-order valence-electron chi connectivity index (χ4n) is 2.65. The predicted octanol–water partition coefficient (Wildman–Crippen LogP) is 3.81. The van der Waals surface area contributed by atoms with E-state index >= 15 is 0 Å². The van der Waals surface area contributed by atoms with E-state index in [1.165, 1.54) is 13.0 Å². The molecule has 0 rings (SSSR count). The highest BCUT2D eigenvalue weighted by Gasteiger charge is 2.18. The van der Waals surface area contributed by atoms with E-state index in [0.717, 1.165) is 24.8 Å². The molecule has 0 aliphatic heterocycles. The molecular formula is C22H35NO6. The van der Waals surface area contributed by atoms with Gasteiger partial charge >= 0.3 is 17.9 Å². The molecule has 0 saturated carbocycles. The maximum absolute atomic E-state index is 12.6. The van der Waals surface area contributed by atoms with E-state index in [2.05, 4.69) is 6.92 Å². The second kappa shape index (κ2) is 13.7. The van der Waals surface area contributed by atoms with Gasteiger partial charge < -0.3 is 19.8 Å². The summed E-state index contributed by atoms with van der Waals surface area (Å²) in [5, 5.41) is 18.0. The van der Waals surface area contributed by atoms with Crippen LogP contribution in [0, 0.1) is 0 Å². The fourth-order valence-corrected chi connectivity index (χ4v) is 2.65. The zero-order valence-electron chi connectivity index (χ0n) is 18.4. The second-order valence-corrected chi connectivity index (χ2v) is 7.40. The number of nitrogens with zero attached hydrogens (tertiary/aromatic N) is 1. The first-order chi connectivity index (χ1) is 13.5. The van der Waals surface area contributed by atoms with Gasteiger partial charge in [-0.1, -0.05) is 31.4 Å². The summed E-state index contributed by atoms with van der Waals surface area (Å²) in [6.07, 6.45) is 6.96. The Morgan fingerprint density at radius 3 is 2.07 bits per heavy atom. The minimum absolute atomic E-state index is 0.101. The zero-order valence-corrected chi connectivity index (χ0v) is 18.4. The summed E-state index contributed by atoms with van der Waals surface area (Å²) in [6, 6.07) is -0.172. The van der Waals surface area contributed by atoms with Crippen LogP contribution in [0.15, 0.2) is 34.4 Å². The molecule has 0 aromatic carbocycles. The number of likely N-dealkylation sites (N-methyl/N-ethyl adjacent to an activating group) is 1. The average Bonchev–Trinajstić information content (AvgIpc) is 2.63. The third-order valence-electron chi connectivity index (χ3n) is 4.69. The first-order valence-corrected chi connectivity index (χ1v) is 9.85. The molecule has 0 aromatic rings. The number of aliphatic carboxylic acids is 2. The van der Waals surface area contributed by atoms with Crippen molar-refractivity contribution < 1.29 is 29.3 Å². The topological polar surface area (TPSA) is 104 Å². The molecule has 0 aliphatic carbocycles. The summed E-state index contributed by atoms with van der Waals surface area (Å²) in [5.41, 5.74) is 1.79. The summed E-state index contributed by atoms with van der Waals surface area (Å²) < 4.78 is 5.28. The summed E-state index contributed by atoms with van der Waals surface area (Å²) in [4.78, 5) is 36.5. The number of hydrogen-bond donors (Lipinski definition) is 2. The number of ether oxygens (including phenoxy) is 1. The van der Waals surface area contributed by atoms with Crippen LogP contribution in [-0.4, -0.2) is 59.8 Å². The Morgan fingerprint density at radius 1 is 1.00 bits per heavy atom. The molecule has 0 saturated heterocycles. The normalized spacial score (nSPS) is 14.4. The molecule has 1 unspecified atom stereocenters. The van der Waals surface area contributed by atoms with Crippen molar-refractivity contribution in [1.29, 1.82) is 0 Å². The molecule has 29 heavy (non-hydrogen) atoms. The number of unbranched alkanes of at least 4 members (excludes halogenated alkanes) is 2. The van der Waals surface area contributed by atoms with Crippen LogP contribution in [0.1, 0.15) is 59.8 Å². The maximum atomic E-state index is 12.6. The van der Waals surface area contributed by atoms with Crippen LogP contribution in [0.4, 0.5) is 0 Å². The van der Waals surface area contributed by atoms with Crippen molar-refractivity contribution in [2.24, 2.45) is 0 Å². The molecule has 1 atom stereocenters. The molecule has 2 N–H and O–H groups in total. The highest BCUT2D eigenvalue weighted by molar-refractivity contribution is 5.90. The van der Waals surface area contributed by atoms with E-state index in [1.54, 1.807) is 13.0 Å². The smallest absolute Gasteiger partial charge is 0.334 e. The molecule has 0 aliphatic rings. The van der Waals surface area contributed by atoms with E-state index < -0.39 is 17.9 Å². The van der Waals surface area contributed by atoms with Crippen LogP contribution in [-0.2, 0) is 19.1 Å². The first kappa shape index (κ1) is 26.6. The van der Waals surface area contributed by atoms with Gasteiger partial charge in [0.25, 0.3) is 0 Å². The molecule has 0 amide bonds. The number of carboxylic acids is 2. The zero-order chi connectivity index (χ0) is 22.6. The lowest BCUT2D eigenvalue weighted by molar-refractivity contribution is -0.138. The van der Waals surface area contributed by atoms with Crippen molar-refractivity contribution in [3.63, 3.8) is 0 Å². The number of carbonyl (C=O) groups excluding carboxylic acids is 1. The number of carbonyl (C=O) groups is 3. The molecule has 7 nitrogen and oxygen atoms in total. The van der Waals surface area contributed by atoms with Crippen molar-refractivity contribution in [3.05, 3.63) is 34.4 Å². The molecule has 7 heteroatoms. The summed E-state index contributed by atoms with van der Waals surface area (Å²) in [6.45, 7) is 6.83. The summed E-state index contributed by atoms with van der Waals surface area (Å²) >= 11 is 0. The van der Waals surface area contributed by atoms with Crippen LogP contribution in [0.3, 0.4) is 0 Å². The van der Waals surface area contributed by atoms with Gasteiger partial charge in [-0.25, -0.2) is 14.4 Å². The van der Waals surface area contributed by atoms with Gasteiger partial charge in [-0.15, -0.1) is 0 Å². The van der Waals surface area contributed by atoms with Crippen molar-refractivity contribution in [2.75, 3.05) is 20.7 Å². The lowest BCUT2D eigenvalue weighted by atomic mass is 9.96. The predicted molar refractivity (Wildman–Crippen MR) is 113 cm³/mol. The summed E-state index contributed by atoms with van der Waals surface area (Å²) in [7, 11) is 3.72. The van der Waals surface area contributed by atoms with Gasteiger partial charge in [-0.2, -0.15) is 0 Å². The van der Waals surface area contributed by atoms with Crippen LogP contribution in [0.5, 0.6) is 0 Å². The van der Waals surface area contributed by atoms with Crippen molar-refractivity contribution in [1.82, 2.24) is 4.90 Å². The Bertz CT molecular complexity index is 673. The molecule has 0 radical (unpaired) electrons. The number of rotatable bonds is 13. The monoisotopic (exact) mass is 409 g/mol. The Labute approximate surface area is 173 Å². The minimum atomic E-state index is -1.05. The Hall–Kier alpha value is -2.41. The largest absolute Gasteiger partial charge is 0.478 e. The quantitative estimate of drug-likeness (QED) is 0.271. The van der Waals surface area contributed by atoms with Gasteiger partial charge in [0.15, 0.2) is 0 Å². The van der Waals surface area contributed by atoms with Gasteiger partial charge in [-0.05, 0) is 60.2 Å². The van der Waals surface area contributed by atoms with Gasteiger partial charge in [-0.3, -0.25) is 0 Å². The molecule has 0 fully saturated rings. The van der Waals surface area contributed by atoms with Crippen molar-refractivity contribution in [3.8, 4) is 0 Å². The Kier molecular flexibility index (Phi) is 12.6. The Balaban J connectivity index is 5.54. The molecule has 0 spiro atoms. The highest BCUT2D eigenvalue weighted by Crippen LogP contribution is 2.21. The number of carboxylic acid groups (broad SMARTS) is 2. The molecule has 0 heterocycles. The van der Waals surface area contributed by atoms with E-state index in [0.29, 0.717) is 18.4 Å². The number of hydrogen-bond acceptors (Lipinski definition) is 5. The Morgan fingerprint density at radius 2 is 1.59 bits per heavy atom. The third kappa shape index (κ3) is 10.6. The van der Waals surface area contributed by atoms with Crippen molar-refractivity contribution in [2.45, 2.75) is 65.8 Å². The van der Waals surface area contributed by atoms with Crippen molar-refractivity contribution >= 4 is 17.9 Å². The van der Waals surface area contributed by atoms with Gasteiger partial charge in [0.1, 0.15) is 6.61 Å². The third-order valence-corrected chi connectivity index (χ3v) is 4.69. The van der Waals surface area contributed by atoms with E-state index in [9.17, 15) is 14.4 Å². The van der Waals surface area contributed by atoms with Crippen LogP contribution in [0.2, 0.25) is 0 Å². The maximum Gasteiger partial charge on any atom is 0.334 e. The highest BCUT2D eigenvalue weighted by atomic mass is 16.5. The lowest BCUT2D eigenvalue weighted by Crippen LogP contribution is -2.27. The van der Waals surface area contributed by atoms with Crippen LogP contribution < -0.4 is 0 Å². The summed E-state index contributed by atoms with van der Waals surface area (Å²) in [5.74, 6) is -2.48. The van der Waals surface area contributed by atoms with E-state index in [-0.39, 0.29) is 23.8 Å². The van der Waals surface area contributed by atoms with E-state index in [4.69, 9.17) is 14.9 Å². The van der Waals surface area contributed by atoms with Crippen LogP contribution in [0.25, 0.3) is 0 Å². The average molecular weight is 410 g/mol. The first-order valence-electron chi connectivity index (χ1n) is 9.85. The number of esters is 1. The standard InChI is InChI=1S/C22H35NO6/c1-7-8-9-10-19(22(28)29-12-11-15(2)20(24)25)16(3)13-18(23(5)6)14-17(4)21(26)27/h11,14,18H,7-10,12-13H2,1-6H3,(H,24,25)(H,26,27). The molecular weight excluding hydrogens is 374 g/mol. The lowest BCUT2D eigenvalue weighted by Gasteiger charge is -2.23. The van der Waals surface area contributed by atoms with Crippen LogP contribution >= 0.6 is 0 Å². The molecule has 0 aromatic heterocycles. The molecule has 0 bridgehead atoms. The van der Waals surface area contributed by atoms with E-state index in [1.807, 2.05) is 25.9 Å². The van der Waals surface area contributed by atoms with Gasteiger partial charge in [0.2, 0.25) is 0 Å². The minimum Gasteiger partial charge on any atom is -0.478 e. The van der Waals surface area contributed by atoms with Gasteiger partial charge in [0.05, 0.1) is 0 Å². The fraction of sp³-hybridized carbons (Fsp3) is 0.591.